The summed E-state index contributed by atoms with van der Waals surface area (Å²) in [5.41, 5.74) is 17.1. The topological polar surface area (TPSA) is 59.8 Å². The van der Waals surface area contributed by atoms with E-state index in [9.17, 15) is 0 Å². The highest BCUT2D eigenvalue weighted by molar-refractivity contribution is 6.12. The van der Waals surface area contributed by atoms with Crippen LogP contribution in [0.25, 0.3) is 88.9 Å². The summed E-state index contributed by atoms with van der Waals surface area (Å²) in [5, 5.41) is 4.35. The predicted molar refractivity (Wildman–Crippen MR) is 226 cm³/mol. The van der Waals surface area contributed by atoms with Crippen molar-refractivity contribution in [3.8, 4) is 44.8 Å². The molecule has 0 radical (unpaired) electrons. The van der Waals surface area contributed by atoms with Crippen LogP contribution in [0, 0.1) is 27.7 Å². The summed E-state index contributed by atoms with van der Waals surface area (Å²) < 4.78 is 16.4. The maximum Gasteiger partial charge on any atom is 0.227 e. The van der Waals surface area contributed by atoms with Crippen molar-refractivity contribution < 1.29 is 18.0 Å². The Balaban J connectivity index is 0.000000146. The van der Waals surface area contributed by atoms with E-state index < -0.39 is 0 Å². The highest BCUT2D eigenvalue weighted by Crippen LogP contribution is 2.38. The minimum atomic E-state index is 0.698. The number of nitrogens with zero attached hydrogens (tertiary/aromatic N) is 4. The van der Waals surface area contributed by atoms with Gasteiger partial charge in [0.25, 0.3) is 0 Å². The molecule has 6 aromatic heterocycles. The number of fused-ring (bicyclic) bond motifs is 6. The molecule has 10 aromatic rings. The van der Waals surface area contributed by atoms with Crippen LogP contribution in [0.3, 0.4) is 0 Å². The Kier molecular flexibility index (Phi) is 8.74. The third kappa shape index (κ3) is 6.29. The average molecular weight is 731 g/mol. The first-order chi connectivity index (χ1) is 27.2. The molecular weight excluding hydrogens is 689 g/mol. The van der Waals surface area contributed by atoms with Crippen molar-refractivity contribution in [2.24, 2.45) is 14.1 Å². The summed E-state index contributed by atoms with van der Waals surface area (Å²) in [6.07, 6.45) is 4.25. The maximum absolute atomic E-state index is 6.08. The summed E-state index contributed by atoms with van der Waals surface area (Å²) in [4.78, 5) is 9.14. The van der Waals surface area contributed by atoms with Gasteiger partial charge < -0.3 is 8.83 Å². The number of aryl methyl sites for hydroxylation is 6. The third-order valence-electron chi connectivity index (χ3n) is 10.7. The van der Waals surface area contributed by atoms with E-state index in [-0.39, 0.29) is 0 Å². The van der Waals surface area contributed by atoms with Crippen LogP contribution in [-0.4, -0.2) is 9.97 Å². The largest absolute Gasteiger partial charge is 0.438 e. The normalized spacial score (nSPS) is 11.4. The molecule has 6 nitrogen and oxygen atoms in total. The van der Waals surface area contributed by atoms with Gasteiger partial charge in [-0.2, -0.15) is 0 Å². The van der Waals surface area contributed by atoms with Gasteiger partial charge in [-0.1, -0.05) is 66.7 Å². The Morgan fingerprint density at radius 1 is 0.446 bits per heavy atom. The zero-order chi connectivity index (χ0) is 38.5. The molecule has 0 N–H and O–H groups in total. The predicted octanol–water partition coefficient (Wildman–Crippen LogP) is 11.5. The molecule has 56 heavy (non-hydrogen) atoms. The van der Waals surface area contributed by atoms with Crippen molar-refractivity contribution in [1.29, 1.82) is 0 Å². The lowest BCUT2D eigenvalue weighted by Gasteiger charge is -2.08. The van der Waals surface area contributed by atoms with E-state index in [1.165, 1.54) is 50.2 Å². The zero-order valence-corrected chi connectivity index (χ0v) is 32.5. The minimum absolute atomic E-state index is 0.698. The van der Waals surface area contributed by atoms with Crippen molar-refractivity contribution >= 4 is 44.1 Å². The third-order valence-corrected chi connectivity index (χ3v) is 10.7. The van der Waals surface area contributed by atoms with Crippen LogP contribution in [0.5, 0.6) is 0 Å². The van der Waals surface area contributed by atoms with Crippen LogP contribution in [0.4, 0.5) is 0 Å². The number of aromatic nitrogens is 4. The monoisotopic (exact) mass is 730 g/mol. The van der Waals surface area contributed by atoms with Gasteiger partial charge in [0.1, 0.15) is 25.3 Å². The van der Waals surface area contributed by atoms with Gasteiger partial charge in [-0.05, 0) is 104 Å². The van der Waals surface area contributed by atoms with Gasteiger partial charge in [-0.25, -0.2) is 19.1 Å². The Morgan fingerprint density at radius 2 is 1.00 bits per heavy atom. The molecule has 0 aliphatic carbocycles. The van der Waals surface area contributed by atoms with Gasteiger partial charge in [-0.3, -0.25) is 0 Å². The summed E-state index contributed by atoms with van der Waals surface area (Å²) in [6.45, 7) is 8.26. The molecule has 6 heterocycles. The lowest BCUT2D eigenvalue weighted by molar-refractivity contribution is -0.660. The second-order valence-electron chi connectivity index (χ2n) is 14.7. The lowest BCUT2D eigenvalue weighted by atomic mass is 9.96. The Morgan fingerprint density at radius 3 is 1.64 bits per heavy atom. The summed E-state index contributed by atoms with van der Waals surface area (Å²) in [6, 6.07) is 46.6. The molecule has 4 aromatic carbocycles. The van der Waals surface area contributed by atoms with Crippen LogP contribution in [0.2, 0.25) is 0 Å². The minimum Gasteiger partial charge on any atom is -0.438 e. The summed E-state index contributed by atoms with van der Waals surface area (Å²) >= 11 is 0. The molecule has 272 valence electrons. The number of hydrogen-bond acceptors (Lipinski definition) is 4. The number of benzene rings is 4. The van der Waals surface area contributed by atoms with Crippen LogP contribution in [0.1, 0.15) is 22.5 Å². The van der Waals surface area contributed by atoms with E-state index in [1.807, 2.05) is 44.2 Å². The van der Waals surface area contributed by atoms with Crippen LogP contribution in [-0.2, 0) is 14.1 Å². The fraction of sp³-hybridized carbons (Fsp3) is 0.120. The first-order valence-electron chi connectivity index (χ1n) is 18.9. The molecule has 0 spiro atoms. The van der Waals surface area contributed by atoms with E-state index in [4.69, 9.17) is 8.83 Å². The van der Waals surface area contributed by atoms with E-state index in [0.717, 1.165) is 49.8 Å². The van der Waals surface area contributed by atoms with Gasteiger partial charge in [0.15, 0.2) is 12.4 Å². The van der Waals surface area contributed by atoms with Gasteiger partial charge in [-0.15, -0.1) is 0 Å². The Bertz CT molecular complexity index is 3090. The molecule has 0 aliphatic rings. The van der Waals surface area contributed by atoms with E-state index in [2.05, 4.69) is 163 Å². The molecule has 10 rings (SSSR count). The van der Waals surface area contributed by atoms with Crippen molar-refractivity contribution in [2.45, 2.75) is 27.7 Å². The SMILES string of the molecule is Cc1ccc2c(n1)oc1cc(C)c(-c3cc(-c4ccccc4)cc[n+]3C)cc12.Cc1ccc2c(n1)oc1ccc(C)c(-c3cc(-c4ccccc4)cc[n+]3C)c12. The van der Waals surface area contributed by atoms with Crippen molar-refractivity contribution in [2.75, 3.05) is 0 Å². The van der Waals surface area contributed by atoms with E-state index in [0.29, 0.717) is 11.4 Å². The maximum atomic E-state index is 6.08. The highest BCUT2D eigenvalue weighted by atomic mass is 16.3. The molecule has 6 heteroatoms. The molecule has 0 unspecified atom stereocenters. The average Bonchev–Trinajstić information content (AvgIpc) is 3.75. The fourth-order valence-electron chi connectivity index (χ4n) is 7.72. The van der Waals surface area contributed by atoms with Gasteiger partial charge in [0, 0.05) is 62.8 Å². The van der Waals surface area contributed by atoms with Gasteiger partial charge >= 0.3 is 0 Å². The lowest BCUT2D eigenvalue weighted by Crippen LogP contribution is -2.30. The molecular formula is C50H42N4O2+2. The van der Waals surface area contributed by atoms with Gasteiger partial charge in [0.2, 0.25) is 22.8 Å². The number of furan rings is 2. The molecule has 0 saturated heterocycles. The van der Waals surface area contributed by atoms with Gasteiger partial charge in [0.05, 0.1) is 5.56 Å². The van der Waals surface area contributed by atoms with E-state index in [1.54, 1.807) is 0 Å². The Hall–Kier alpha value is -6.92. The summed E-state index contributed by atoms with van der Waals surface area (Å²) in [5.74, 6) is 0. The Labute approximate surface area is 326 Å². The number of rotatable bonds is 4. The molecule has 0 fully saturated rings. The molecule has 0 aliphatic heterocycles. The molecule has 0 bridgehead atoms. The first-order valence-corrected chi connectivity index (χ1v) is 18.9. The second kappa shape index (κ2) is 14.1. The molecule has 0 amide bonds. The number of hydrogen-bond donors (Lipinski definition) is 0. The number of pyridine rings is 4. The van der Waals surface area contributed by atoms with Crippen LogP contribution in [0.15, 0.2) is 155 Å². The van der Waals surface area contributed by atoms with Crippen molar-refractivity contribution in [3.05, 3.63) is 168 Å². The van der Waals surface area contributed by atoms with Crippen LogP contribution >= 0.6 is 0 Å². The fourth-order valence-corrected chi connectivity index (χ4v) is 7.72. The standard InChI is InChI=1S/2C25H21N2O/c1-16-9-12-22-24(20-11-10-17(2)26-25(20)28-22)23(16)21-15-19(13-14-27(21)3)18-7-5-4-6-8-18;1-16-13-24-22(20-10-9-17(2)26-25(20)28-24)15-21(16)23-14-19(11-12-27(23)3)18-7-5-4-6-8-18/h2*4-15H,1-3H3/q2*+1. The quantitative estimate of drug-likeness (QED) is 0.169. The first kappa shape index (κ1) is 34.8. The smallest absolute Gasteiger partial charge is 0.227 e. The van der Waals surface area contributed by atoms with Crippen LogP contribution < -0.4 is 9.13 Å². The zero-order valence-electron chi connectivity index (χ0n) is 32.5. The summed E-state index contributed by atoms with van der Waals surface area (Å²) in [7, 11) is 4.18. The van der Waals surface area contributed by atoms with Crippen molar-refractivity contribution in [3.63, 3.8) is 0 Å². The molecule has 0 saturated carbocycles. The van der Waals surface area contributed by atoms with E-state index >= 15 is 0 Å². The highest BCUT2D eigenvalue weighted by Gasteiger charge is 2.22. The van der Waals surface area contributed by atoms with Crippen molar-refractivity contribution in [1.82, 2.24) is 9.97 Å². The molecule has 0 atom stereocenters. The second-order valence-corrected chi connectivity index (χ2v) is 14.7.